The maximum absolute atomic E-state index is 12.5. The minimum atomic E-state index is 0. The smallest absolute Gasteiger partial charge is 0.236 e. The fourth-order valence-electron chi connectivity index (χ4n) is 3.04. The van der Waals surface area contributed by atoms with Crippen LogP contribution in [0.25, 0.3) is 0 Å². The average Bonchev–Trinajstić information content (AvgIpc) is 2.45. The van der Waals surface area contributed by atoms with E-state index < -0.39 is 0 Å². The molecule has 1 saturated heterocycles. The van der Waals surface area contributed by atoms with Crippen molar-refractivity contribution in [2.75, 3.05) is 26.7 Å². The molecule has 1 heterocycles. The highest BCUT2D eigenvalue weighted by Crippen LogP contribution is 2.18. The lowest BCUT2D eigenvalue weighted by Gasteiger charge is -2.37. The van der Waals surface area contributed by atoms with Gasteiger partial charge in [-0.05, 0) is 26.3 Å². The Bertz CT molecular complexity index is 458. The summed E-state index contributed by atoms with van der Waals surface area (Å²) in [7, 11) is 1.90. The summed E-state index contributed by atoms with van der Waals surface area (Å²) in [4.78, 5) is 16.6. The summed E-state index contributed by atoms with van der Waals surface area (Å²) in [6.45, 7) is 8.79. The number of hydrogen-bond donors (Lipinski definition) is 1. The highest BCUT2D eigenvalue weighted by Gasteiger charge is 2.25. The Morgan fingerprint density at radius 3 is 2.36 bits per heavy atom. The number of rotatable bonds is 4. The summed E-state index contributed by atoms with van der Waals surface area (Å²) in [6.07, 6.45) is 0. The van der Waals surface area contributed by atoms with Crippen LogP contribution >= 0.6 is 12.4 Å². The lowest BCUT2D eigenvalue weighted by Crippen LogP contribution is -2.56. The molecule has 0 saturated carbocycles. The topological polar surface area (TPSA) is 35.6 Å². The van der Waals surface area contributed by atoms with Gasteiger partial charge in [-0.15, -0.1) is 12.4 Å². The van der Waals surface area contributed by atoms with Crippen molar-refractivity contribution in [1.29, 1.82) is 0 Å². The fourth-order valence-corrected chi connectivity index (χ4v) is 3.04. The molecule has 0 aliphatic carbocycles. The minimum absolute atomic E-state index is 0. The van der Waals surface area contributed by atoms with E-state index in [-0.39, 0.29) is 24.4 Å². The van der Waals surface area contributed by atoms with Gasteiger partial charge in [-0.3, -0.25) is 9.69 Å². The molecule has 1 aromatic rings. The minimum Gasteiger partial charge on any atom is -0.338 e. The number of likely N-dealkylation sites (N-methyl/N-ethyl adjacent to an activating group) is 1. The van der Waals surface area contributed by atoms with E-state index in [1.165, 1.54) is 5.56 Å². The van der Waals surface area contributed by atoms with Crippen molar-refractivity contribution in [2.45, 2.75) is 38.9 Å². The Kier molecular flexibility index (Phi) is 7.33. The van der Waals surface area contributed by atoms with Gasteiger partial charge in [-0.2, -0.15) is 0 Å². The van der Waals surface area contributed by atoms with Crippen molar-refractivity contribution < 1.29 is 4.79 Å². The highest BCUT2D eigenvalue weighted by molar-refractivity contribution is 5.85. The molecule has 124 valence electrons. The van der Waals surface area contributed by atoms with Crippen LogP contribution in [0.4, 0.5) is 0 Å². The maximum Gasteiger partial charge on any atom is 0.236 e. The van der Waals surface area contributed by atoms with Gasteiger partial charge >= 0.3 is 0 Å². The predicted octanol–water partition coefficient (Wildman–Crippen LogP) is 2.31. The third kappa shape index (κ3) is 4.97. The average molecular weight is 326 g/mol. The van der Waals surface area contributed by atoms with Crippen LogP contribution in [0.15, 0.2) is 30.3 Å². The number of carbonyl (C=O) groups excluding carboxylic acids is 1. The van der Waals surface area contributed by atoms with Crippen LogP contribution in [0.3, 0.4) is 0 Å². The van der Waals surface area contributed by atoms with E-state index in [2.05, 4.69) is 43.1 Å². The zero-order valence-corrected chi connectivity index (χ0v) is 14.8. The van der Waals surface area contributed by atoms with Gasteiger partial charge in [-0.1, -0.05) is 30.3 Å². The lowest BCUT2D eigenvalue weighted by atomic mass is 10.1. The van der Waals surface area contributed by atoms with E-state index in [0.717, 1.165) is 13.1 Å². The standard InChI is InChI=1S/C17H27N3O.ClH/c1-13-10-20(11-14(2)18-13)12-17(21)19(4)15(3)16-8-6-5-7-9-16;/h5-9,13-15,18H,10-12H2,1-4H3;1H. The monoisotopic (exact) mass is 325 g/mol. The van der Waals surface area contributed by atoms with Gasteiger partial charge in [0, 0.05) is 32.2 Å². The quantitative estimate of drug-likeness (QED) is 0.922. The van der Waals surface area contributed by atoms with Gasteiger partial charge in [0.15, 0.2) is 0 Å². The molecule has 1 fully saturated rings. The molecule has 3 unspecified atom stereocenters. The molecule has 22 heavy (non-hydrogen) atoms. The summed E-state index contributed by atoms with van der Waals surface area (Å²) in [5.41, 5.74) is 1.18. The second-order valence-electron chi connectivity index (χ2n) is 6.25. The summed E-state index contributed by atoms with van der Waals surface area (Å²) < 4.78 is 0. The first kappa shape index (κ1) is 18.9. The number of nitrogens with one attached hydrogen (secondary N) is 1. The first-order chi connectivity index (χ1) is 9.97. The van der Waals surface area contributed by atoms with Crippen molar-refractivity contribution in [3.05, 3.63) is 35.9 Å². The molecule has 2 rings (SSSR count). The van der Waals surface area contributed by atoms with Gasteiger partial charge in [-0.25, -0.2) is 0 Å². The highest BCUT2D eigenvalue weighted by atomic mass is 35.5. The molecular formula is C17H28ClN3O. The molecule has 0 bridgehead atoms. The second kappa shape index (κ2) is 8.51. The molecular weight excluding hydrogens is 298 g/mol. The van der Waals surface area contributed by atoms with E-state index in [4.69, 9.17) is 0 Å². The molecule has 4 nitrogen and oxygen atoms in total. The third-order valence-corrected chi connectivity index (χ3v) is 4.25. The van der Waals surface area contributed by atoms with Gasteiger partial charge in [0.25, 0.3) is 0 Å². The van der Waals surface area contributed by atoms with Crippen LogP contribution in [-0.4, -0.2) is 54.5 Å². The molecule has 0 spiro atoms. The number of hydrogen-bond acceptors (Lipinski definition) is 3. The maximum atomic E-state index is 12.5. The number of piperazine rings is 1. The second-order valence-corrected chi connectivity index (χ2v) is 6.25. The van der Waals surface area contributed by atoms with Crippen LogP contribution in [0.2, 0.25) is 0 Å². The Balaban J connectivity index is 0.00000242. The van der Waals surface area contributed by atoms with E-state index >= 15 is 0 Å². The van der Waals surface area contributed by atoms with Crippen LogP contribution in [0.1, 0.15) is 32.4 Å². The van der Waals surface area contributed by atoms with Crippen LogP contribution in [0.5, 0.6) is 0 Å². The number of carbonyl (C=O) groups is 1. The lowest BCUT2D eigenvalue weighted by molar-refractivity contribution is -0.133. The molecule has 3 atom stereocenters. The number of nitrogens with zero attached hydrogens (tertiary/aromatic N) is 2. The van der Waals surface area contributed by atoms with Crippen molar-refractivity contribution in [2.24, 2.45) is 0 Å². The molecule has 5 heteroatoms. The normalized spacial score (nSPS) is 23.5. The zero-order valence-electron chi connectivity index (χ0n) is 14.0. The molecule has 0 radical (unpaired) electrons. The van der Waals surface area contributed by atoms with Crippen LogP contribution < -0.4 is 5.32 Å². The summed E-state index contributed by atoms with van der Waals surface area (Å²) in [5, 5.41) is 3.49. The van der Waals surface area contributed by atoms with E-state index in [1.54, 1.807) is 0 Å². The van der Waals surface area contributed by atoms with Gasteiger partial charge in [0.1, 0.15) is 0 Å². The molecule has 1 N–H and O–H groups in total. The molecule has 1 aliphatic rings. The summed E-state index contributed by atoms with van der Waals surface area (Å²) in [5.74, 6) is 0.188. The van der Waals surface area contributed by atoms with Gasteiger partial charge in [0.2, 0.25) is 5.91 Å². The van der Waals surface area contributed by atoms with Gasteiger partial charge < -0.3 is 10.2 Å². The van der Waals surface area contributed by atoms with E-state index in [9.17, 15) is 4.79 Å². The van der Waals surface area contributed by atoms with Crippen LogP contribution in [0, 0.1) is 0 Å². The third-order valence-electron chi connectivity index (χ3n) is 4.25. The largest absolute Gasteiger partial charge is 0.338 e. The van der Waals surface area contributed by atoms with E-state index in [0.29, 0.717) is 18.6 Å². The molecule has 1 aromatic carbocycles. The number of amides is 1. The Hall–Kier alpha value is -1.10. The Labute approximate surface area is 140 Å². The van der Waals surface area contributed by atoms with Crippen LogP contribution in [-0.2, 0) is 4.79 Å². The summed E-state index contributed by atoms with van der Waals surface area (Å²) >= 11 is 0. The molecule has 0 aromatic heterocycles. The van der Waals surface area contributed by atoms with Crippen molar-refractivity contribution in [3.63, 3.8) is 0 Å². The number of benzene rings is 1. The van der Waals surface area contributed by atoms with E-state index in [1.807, 2.05) is 30.1 Å². The fraction of sp³-hybridized carbons (Fsp3) is 0.588. The van der Waals surface area contributed by atoms with Crippen molar-refractivity contribution >= 4 is 18.3 Å². The van der Waals surface area contributed by atoms with Crippen molar-refractivity contribution in [1.82, 2.24) is 15.1 Å². The molecule has 1 aliphatic heterocycles. The first-order valence-electron chi connectivity index (χ1n) is 7.76. The van der Waals surface area contributed by atoms with Gasteiger partial charge in [0.05, 0.1) is 12.6 Å². The SMILES string of the molecule is CC1CN(CC(=O)N(C)C(C)c2ccccc2)CC(C)N1.Cl. The zero-order chi connectivity index (χ0) is 15.4. The molecule has 1 amide bonds. The Morgan fingerprint density at radius 2 is 1.82 bits per heavy atom. The predicted molar refractivity (Wildman–Crippen MR) is 93.4 cm³/mol. The number of halogens is 1. The first-order valence-corrected chi connectivity index (χ1v) is 7.76. The van der Waals surface area contributed by atoms with Crippen molar-refractivity contribution in [3.8, 4) is 0 Å². The Morgan fingerprint density at radius 1 is 1.27 bits per heavy atom. The summed E-state index contributed by atoms with van der Waals surface area (Å²) in [6, 6.07) is 11.2.